The molecular formula is C16H12Cl2. The van der Waals surface area contributed by atoms with E-state index in [1.54, 1.807) is 0 Å². The fourth-order valence-corrected chi connectivity index (χ4v) is 3.89. The van der Waals surface area contributed by atoms with Gasteiger partial charge in [0.1, 0.15) is 0 Å². The molecular weight excluding hydrogens is 263 g/mol. The monoisotopic (exact) mass is 274 g/mol. The summed E-state index contributed by atoms with van der Waals surface area (Å²) in [6.07, 6.45) is 6.10. The van der Waals surface area contributed by atoms with Crippen molar-refractivity contribution in [1.82, 2.24) is 0 Å². The van der Waals surface area contributed by atoms with E-state index >= 15 is 0 Å². The van der Waals surface area contributed by atoms with Gasteiger partial charge in [-0.25, -0.2) is 0 Å². The minimum atomic E-state index is -0.414. The van der Waals surface area contributed by atoms with Crippen LogP contribution >= 0.6 is 23.2 Å². The third-order valence-corrected chi connectivity index (χ3v) is 5.83. The smallest absolute Gasteiger partial charge is 0.0928 e. The molecule has 0 aliphatic heterocycles. The second-order valence-electron chi connectivity index (χ2n) is 5.28. The highest BCUT2D eigenvalue weighted by atomic mass is 35.5. The van der Waals surface area contributed by atoms with Crippen molar-refractivity contribution in [3.8, 4) is 0 Å². The van der Waals surface area contributed by atoms with Crippen molar-refractivity contribution in [2.24, 2.45) is 0 Å². The van der Waals surface area contributed by atoms with Crippen molar-refractivity contribution < 1.29 is 0 Å². The van der Waals surface area contributed by atoms with Gasteiger partial charge in [-0.15, -0.1) is 23.2 Å². The Morgan fingerprint density at radius 3 is 2.33 bits per heavy atom. The highest BCUT2D eigenvalue weighted by Crippen LogP contribution is 2.62. The van der Waals surface area contributed by atoms with Gasteiger partial charge < -0.3 is 0 Å². The topological polar surface area (TPSA) is 0 Å². The Morgan fingerprint density at radius 1 is 0.944 bits per heavy atom. The summed E-state index contributed by atoms with van der Waals surface area (Å²) in [4.78, 5) is -0.799. The van der Waals surface area contributed by atoms with E-state index in [1.807, 2.05) is 0 Å². The molecule has 0 heterocycles. The van der Waals surface area contributed by atoms with Crippen molar-refractivity contribution in [2.75, 3.05) is 0 Å². The second kappa shape index (κ2) is 3.31. The van der Waals surface area contributed by atoms with Crippen LogP contribution in [0.2, 0.25) is 0 Å². The highest BCUT2D eigenvalue weighted by Gasteiger charge is 2.58. The Hall–Kier alpha value is -0.980. The molecule has 4 rings (SSSR count). The number of allylic oxidation sites excluding steroid dienone is 1. The SMILES string of the molecule is Cl[C@@]12CC[C@@]1(Cl)C=Cc1cc3ccccc3cc12. The fraction of sp³-hybridized carbons (Fsp3) is 0.250. The summed E-state index contributed by atoms with van der Waals surface area (Å²) in [7, 11) is 0. The molecule has 2 heteroatoms. The minimum Gasteiger partial charge on any atom is -0.112 e. The molecule has 2 aromatic rings. The van der Waals surface area contributed by atoms with Crippen molar-refractivity contribution in [3.63, 3.8) is 0 Å². The third-order valence-electron chi connectivity index (χ3n) is 4.36. The van der Waals surface area contributed by atoms with Gasteiger partial charge in [-0.2, -0.15) is 0 Å². The first-order chi connectivity index (χ1) is 8.62. The lowest BCUT2D eigenvalue weighted by Gasteiger charge is -2.53. The summed E-state index contributed by atoms with van der Waals surface area (Å²) in [6.45, 7) is 0. The van der Waals surface area contributed by atoms with E-state index in [2.05, 4.69) is 48.6 Å². The van der Waals surface area contributed by atoms with E-state index < -0.39 is 4.87 Å². The minimum absolute atomic E-state index is 0.385. The number of rotatable bonds is 0. The van der Waals surface area contributed by atoms with Gasteiger partial charge in [0.25, 0.3) is 0 Å². The van der Waals surface area contributed by atoms with E-state index in [4.69, 9.17) is 23.2 Å². The number of fused-ring (bicyclic) bond motifs is 4. The Balaban J connectivity index is 2.04. The van der Waals surface area contributed by atoms with Crippen LogP contribution in [0.15, 0.2) is 42.5 Å². The van der Waals surface area contributed by atoms with Gasteiger partial charge >= 0.3 is 0 Å². The zero-order chi connectivity index (χ0) is 12.4. The average Bonchev–Trinajstić information content (AvgIpc) is 2.40. The molecule has 0 aromatic heterocycles. The molecule has 0 radical (unpaired) electrons. The molecule has 0 unspecified atom stereocenters. The summed E-state index contributed by atoms with van der Waals surface area (Å²) >= 11 is 13.4. The van der Waals surface area contributed by atoms with Crippen LogP contribution in [0.3, 0.4) is 0 Å². The van der Waals surface area contributed by atoms with E-state index in [1.165, 1.54) is 21.9 Å². The molecule has 2 atom stereocenters. The second-order valence-corrected chi connectivity index (χ2v) is 6.60. The van der Waals surface area contributed by atoms with Crippen molar-refractivity contribution >= 4 is 40.1 Å². The van der Waals surface area contributed by atoms with E-state index in [-0.39, 0.29) is 4.87 Å². The molecule has 0 nitrogen and oxygen atoms in total. The summed E-state index contributed by atoms with van der Waals surface area (Å²) < 4.78 is 0. The van der Waals surface area contributed by atoms with Gasteiger partial charge in [-0.1, -0.05) is 36.4 Å². The summed E-state index contributed by atoms with van der Waals surface area (Å²) in [5, 5.41) is 2.49. The number of benzene rings is 2. The van der Waals surface area contributed by atoms with Gasteiger partial charge in [-0.05, 0) is 46.9 Å². The molecule has 0 N–H and O–H groups in total. The van der Waals surface area contributed by atoms with Crippen LogP contribution in [-0.2, 0) is 4.87 Å². The van der Waals surface area contributed by atoms with Gasteiger partial charge in [0.05, 0.1) is 9.75 Å². The quantitative estimate of drug-likeness (QED) is 0.589. The van der Waals surface area contributed by atoms with Crippen LogP contribution in [0.25, 0.3) is 16.8 Å². The zero-order valence-corrected chi connectivity index (χ0v) is 11.3. The molecule has 0 bridgehead atoms. The van der Waals surface area contributed by atoms with E-state index in [9.17, 15) is 0 Å². The number of alkyl halides is 2. The molecule has 0 spiro atoms. The Morgan fingerprint density at radius 2 is 1.67 bits per heavy atom. The highest BCUT2D eigenvalue weighted by molar-refractivity contribution is 6.38. The normalized spacial score (nSPS) is 32.8. The lowest BCUT2D eigenvalue weighted by atomic mass is 9.64. The first-order valence-corrected chi connectivity index (χ1v) is 6.98. The molecule has 2 aliphatic carbocycles. The lowest BCUT2D eigenvalue weighted by molar-refractivity contribution is 0.294. The fourth-order valence-electron chi connectivity index (χ4n) is 3.12. The number of halogens is 2. The molecule has 90 valence electrons. The van der Waals surface area contributed by atoms with Crippen LogP contribution < -0.4 is 0 Å². The van der Waals surface area contributed by atoms with Crippen LogP contribution in [0.4, 0.5) is 0 Å². The predicted molar refractivity (Wildman–Crippen MR) is 78.3 cm³/mol. The molecule has 0 saturated heterocycles. The molecule has 1 fully saturated rings. The maximum absolute atomic E-state index is 6.80. The van der Waals surface area contributed by atoms with E-state index in [0.29, 0.717) is 0 Å². The van der Waals surface area contributed by atoms with E-state index in [0.717, 1.165) is 12.8 Å². The van der Waals surface area contributed by atoms with Crippen molar-refractivity contribution in [1.29, 1.82) is 0 Å². The summed E-state index contributed by atoms with van der Waals surface area (Å²) in [5.74, 6) is 0. The predicted octanol–water partition coefficient (Wildman–Crippen LogP) is 5.07. The maximum Gasteiger partial charge on any atom is 0.0928 e. The maximum atomic E-state index is 6.80. The summed E-state index contributed by atoms with van der Waals surface area (Å²) in [6, 6.07) is 12.8. The molecule has 18 heavy (non-hydrogen) atoms. The number of hydrogen-bond donors (Lipinski definition) is 0. The third kappa shape index (κ3) is 1.18. The van der Waals surface area contributed by atoms with Crippen LogP contribution in [0.1, 0.15) is 24.0 Å². The van der Waals surface area contributed by atoms with Gasteiger partial charge in [0.2, 0.25) is 0 Å². The van der Waals surface area contributed by atoms with Gasteiger partial charge in [0.15, 0.2) is 0 Å². The largest absolute Gasteiger partial charge is 0.112 e. The number of hydrogen-bond acceptors (Lipinski definition) is 0. The summed E-state index contributed by atoms with van der Waals surface area (Å²) in [5.41, 5.74) is 2.39. The van der Waals surface area contributed by atoms with Gasteiger partial charge in [-0.3, -0.25) is 0 Å². The van der Waals surface area contributed by atoms with Crippen LogP contribution in [0, 0.1) is 0 Å². The Kier molecular flexibility index (Phi) is 2.01. The average molecular weight is 275 g/mol. The Labute approximate surface area is 116 Å². The molecule has 2 aromatic carbocycles. The lowest BCUT2D eigenvalue weighted by Crippen LogP contribution is -2.53. The first-order valence-electron chi connectivity index (χ1n) is 6.23. The standard InChI is InChI=1S/C16H12Cl2/c17-15-6-5-13-9-11-3-1-2-4-12(11)10-14(13)16(15,18)8-7-15/h1-6,9-10H,7-8H2/t15-,16+/m0/s1. The first kappa shape index (κ1) is 10.9. The zero-order valence-electron chi connectivity index (χ0n) is 9.79. The Bertz CT molecular complexity index is 689. The van der Waals surface area contributed by atoms with Gasteiger partial charge in [0, 0.05) is 0 Å². The van der Waals surface area contributed by atoms with Crippen molar-refractivity contribution in [2.45, 2.75) is 22.6 Å². The van der Waals surface area contributed by atoms with Crippen LogP contribution in [-0.4, -0.2) is 4.87 Å². The molecule has 2 aliphatic rings. The molecule has 1 saturated carbocycles. The molecule has 0 amide bonds. The van der Waals surface area contributed by atoms with Crippen LogP contribution in [0.5, 0.6) is 0 Å². The van der Waals surface area contributed by atoms with Crippen molar-refractivity contribution in [3.05, 3.63) is 53.6 Å².